The number of rotatable bonds is 6. The van der Waals surface area contributed by atoms with E-state index >= 15 is 0 Å². The lowest BCUT2D eigenvalue weighted by atomic mass is 9.84. The average Bonchev–Trinajstić information content (AvgIpc) is 2.98. The highest BCUT2D eigenvalue weighted by atomic mass is 35.5. The molecule has 0 unspecified atom stereocenters. The molecule has 6 nitrogen and oxygen atoms in total. The Labute approximate surface area is 158 Å². The van der Waals surface area contributed by atoms with Gasteiger partial charge in [-0.15, -0.1) is 0 Å². The van der Waals surface area contributed by atoms with Gasteiger partial charge < -0.3 is 16.2 Å². The highest BCUT2D eigenvalue weighted by molar-refractivity contribution is 6.33. The number of primary amides is 1. The van der Waals surface area contributed by atoms with Crippen molar-refractivity contribution in [3.05, 3.63) is 35.0 Å². The van der Waals surface area contributed by atoms with Crippen molar-refractivity contribution in [2.75, 3.05) is 6.61 Å². The van der Waals surface area contributed by atoms with Gasteiger partial charge in [0.25, 0.3) is 0 Å². The molecule has 3 rings (SSSR count). The van der Waals surface area contributed by atoms with E-state index in [0.29, 0.717) is 40.1 Å². The van der Waals surface area contributed by atoms with Crippen molar-refractivity contribution in [1.82, 2.24) is 9.78 Å². The minimum Gasteiger partial charge on any atom is -0.491 e. The summed E-state index contributed by atoms with van der Waals surface area (Å²) in [6.07, 6.45) is 7.65. The number of carbonyl (C=O) groups excluding carboxylic acids is 1. The van der Waals surface area contributed by atoms with Crippen LogP contribution in [0.4, 0.5) is 0 Å². The van der Waals surface area contributed by atoms with Crippen LogP contribution in [0.5, 0.6) is 5.75 Å². The highest BCUT2D eigenvalue weighted by Crippen LogP contribution is 2.35. The van der Waals surface area contributed by atoms with Gasteiger partial charge in [-0.3, -0.25) is 9.48 Å². The Bertz CT molecular complexity index is 764. The third kappa shape index (κ3) is 4.02. The van der Waals surface area contributed by atoms with Crippen LogP contribution in [0.1, 0.15) is 42.5 Å². The number of nitrogens with two attached hydrogens (primary N) is 2. The molecule has 26 heavy (non-hydrogen) atoms. The van der Waals surface area contributed by atoms with Gasteiger partial charge in [-0.1, -0.05) is 30.9 Å². The Kier molecular flexibility index (Phi) is 5.84. The van der Waals surface area contributed by atoms with Crippen LogP contribution in [-0.4, -0.2) is 28.3 Å². The molecule has 4 N–H and O–H groups in total. The summed E-state index contributed by atoms with van der Waals surface area (Å²) < 4.78 is 7.69. The van der Waals surface area contributed by atoms with Gasteiger partial charge in [0.05, 0.1) is 16.9 Å². The van der Waals surface area contributed by atoms with Crippen molar-refractivity contribution in [3.63, 3.8) is 0 Å². The highest BCUT2D eigenvalue weighted by Gasteiger charge is 2.22. The molecule has 1 fully saturated rings. The van der Waals surface area contributed by atoms with Crippen LogP contribution >= 0.6 is 11.6 Å². The Morgan fingerprint density at radius 1 is 1.38 bits per heavy atom. The zero-order chi connectivity index (χ0) is 18.7. The van der Waals surface area contributed by atoms with Gasteiger partial charge in [0.2, 0.25) is 5.91 Å². The lowest BCUT2D eigenvalue weighted by Crippen LogP contribution is -2.37. The minimum absolute atomic E-state index is 0.0130. The van der Waals surface area contributed by atoms with E-state index in [1.165, 1.54) is 19.3 Å². The number of carbonyl (C=O) groups is 1. The van der Waals surface area contributed by atoms with Crippen molar-refractivity contribution >= 4 is 17.5 Å². The molecule has 1 saturated carbocycles. The van der Waals surface area contributed by atoms with Gasteiger partial charge in [-0.25, -0.2) is 0 Å². The van der Waals surface area contributed by atoms with E-state index in [1.807, 2.05) is 0 Å². The minimum atomic E-state index is -0.505. The van der Waals surface area contributed by atoms with E-state index in [4.69, 9.17) is 27.8 Å². The molecular weight excluding hydrogens is 352 g/mol. The van der Waals surface area contributed by atoms with E-state index < -0.39 is 5.91 Å². The van der Waals surface area contributed by atoms with E-state index in [9.17, 15) is 4.79 Å². The molecule has 1 amide bonds. The topological polar surface area (TPSA) is 96.2 Å². The lowest BCUT2D eigenvalue weighted by Gasteiger charge is -2.27. The zero-order valence-electron chi connectivity index (χ0n) is 15.0. The maximum absolute atomic E-state index is 11.6. The van der Waals surface area contributed by atoms with Crippen LogP contribution in [-0.2, 0) is 7.05 Å². The maximum Gasteiger partial charge on any atom is 0.248 e. The first kappa shape index (κ1) is 18.7. The van der Waals surface area contributed by atoms with E-state index in [2.05, 4.69) is 5.10 Å². The second-order valence-corrected chi connectivity index (χ2v) is 7.32. The quantitative estimate of drug-likeness (QED) is 0.809. The molecular formula is C19H25ClN4O2. The molecule has 1 heterocycles. The Balaban J connectivity index is 1.85. The molecule has 0 radical (unpaired) electrons. The Morgan fingerprint density at radius 2 is 2.12 bits per heavy atom. The number of aromatic nitrogens is 2. The molecule has 0 bridgehead atoms. The predicted molar refractivity (Wildman–Crippen MR) is 102 cm³/mol. The fraction of sp³-hybridized carbons (Fsp3) is 0.474. The van der Waals surface area contributed by atoms with Gasteiger partial charge in [0, 0.05) is 24.2 Å². The van der Waals surface area contributed by atoms with Gasteiger partial charge in [0.1, 0.15) is 12.4 Å². The van der Waals surface area contributed by atoms with Crippen LogP contribution in [0.15, 0.2) is 24.4 Å². The number of halogens is 1. The molecule has 1 aromatic carbocycles. The first-order valence-corrected chi connectivity index (χ1v) is 9.35. The van der Waals surface area contributed by atoms with Crippen LogP contribution in [0.3, 0.4) is 0 Å². The number of benzene rings is 1. The third-order valence-electron chi connectivity index (χ3n) is 5.10. The van der Waals surface area contributed by atoms with Crippen molar-refractivity contribution in [1.29, 1.82) is 0 Å². The molecule has 1 aromatic heterocycles. The summed E-state index contributed by atoms with van der Waals surface area (Å²) in [5, 5.41) is 4.65. The molecule has 0 spiro atoms. The van der Waals surface area contributed by atoms with E-state index in [1.54, 1.807) is 36.1 Å². The summed E-state index contributed by atoms with van der Waals surface area (Å²) in [5.41, 5.74) is 13.5. The molecule has 1 aliphatic rings. The first-order chi connectivity index (χ1) is 12.5. The SMILES string of the molecule is Cn1ncc(Cl)c1-c1cc(C(N)=O)ccc1OC[C@H](N)C1CCCCC1. The number of aryl methyl sites for hydroxylation is 1. The second kappa shape index (κ2) is 8.10. The fourth-order valence-electron chi connectivity index (χ4n) is 3.59. The second-order valence-electron chi connectivity index (χ2n) is 6.91. The largest absolute Gasteiger partial charge is 0.491 e. The molecule has 7 heteroatoms. The van der Waals surface area contributed by atoms with Crippen molar-refractivity contribution < 1.29 is 9.53 Å². The van der Waals surface area contributed by atoms with Crippen molar-refractivity contribution in [2.24, 2.45) is 24.4 Å². The number of amides is 1. The summed E-state index contributed by atoms with van der Waals surface area (Å²) in [6.45, 7) is 0.420. The summed E-state index contributed by atoms with van der Waals surface area (Å²) >= 11 is 6.29. The van der Waals surface area contributed by atoms with E-state index in [-0.39, 0.29) is 6.04 Å². The summed E-state index contributed by atoms with van der Waals surface area (Å²) in [4.78, 5) is 11.6. The summed E-state index contributed by atoms with van der Waals surface area (Å²) in [5.74, 6) is 0.610. The molecule has 140 valence electrons. The predicted octanol–water partition coefficient (Wildman–Crippen LogP) is 3.13. The van der Waals surface area contributed by atoms with Crippen molar-refractivity contribution in [3.8, 4) is 17.0 Å². The van der Waals surface area contributed by atoms with Crippen LogP contribution in [0.2, 0.25) is 5.02 Å². The van der Waals surface area contributed by atoms with Gasteiger partial charge in [0.15, 0.2) is 0 Å². The Hall–Kier alpha value is -2.05. The van der Waals surface area contributed by atoms with Gasteiger partial charge >= 0.3 is 0 Å². The lowest BCUT2D eigenvalue weighted by molar-refractivity contribution is 0.100. The monoisotopic (exact) mass is 376 g/mol. The molecule has 1 aliphatic carbocycles. The van der Waals surface area contributed by atoms with Gasteiger partial charge in [-0.05, 0) is 37.0 Å². The third-order valence-corrected chi connectivity index (χ3v) is 5.38. The van der Waals surface area contributed by atoms with E-state index in [0.717, 1.165) is 12.8 Å². The van der Waals surface area contributed by atoms with Crippen molar-refractivity contribution in [2.45, 2.75) is 38.1 Å². The first-order valence-electron chi connectivity index (χ1n) is 8.97. The smallest absolute Gasteiger partial charge is 0.248 e. The number of hydrogen-bond donors (Lipinski definition) is 2. The van der Waals surface area contributed by atoms with Crippen LogP contribution in [0, 0.1) is 5.92 Å². The number of hydrogen-bond acceptors (Lipinski definition) is 4. The number of nitrogens with zero attached hydrogens (tertiary/aromatic N) is 2. The standard InChI is InChI=1S/C19H25ClN4O2/c1-24-18(15(20)10-23-24)14-9-13(19(22)25)7-8-17(14)26-11-16(21)12-5-3-2-4-6-12/h7-10,12,16H,2-6,11,21H2,1H3,(H2,22,25)/t16-/m0/s1. The Morgan fingerprint density at radius 3 is 2.73 bits per heavy atom. The summed E-state index contributed by atoms with van der Waals surface area (Å²) in [6, 6.07) is 5.07. The number of ether oxygens (including phenoxy) is 1. The maximum atomic E-state index is 11.6. The molecule has 2 aromatic rings. The fourth-order valence-corrected chi connectivity index (χ4v) is 3.86. The van der Waals surface area contributed by atoms with Crippen LogP contribution in [0.25, 0.3) is 11.3 Å². The van der Waals surface area contributed by atoms with Gasteiger partial charge in [-0.2, -0.15) is 5.10 Å². The molecule has 0 aliphatic heterocycles. The summed E-state index contributed by atoms with van der Waals surface area (Å²) in [7, 11) is 1.79. The zero-order valence-corrected chi connectivity index (χ0v) is 15.7. The average molecular weight is 377 g/mol. The normalized spacial score (nSPS) is 16.4. The molecule has 0 saturated heterocycles. The molecule has 1 atom stereocenters. The van der Waals surface area contributed by atoms with Crippen LogP contribution < -0.4 is 16.2 Å².